The van der Waals surface area contributed by atoms with Gasteiger partial charge in [0.25, 0.3) is 5.91 Å². The maximum absolute atomic E-state index is 13.7. The fourth-order valence-electron chi connectivity index (χ4n) is 5.93. The summed E-state index contributed by atoms with van der Waals surface area (Å²) in [6.45, 7) is 2.93. The minimum absolute atomic E-state index is 0.130. The Kier molecular flexibility index (Phi) is 8.21. The van der Waals surface area contributed by atoms with Gasteiger partial charge in [-0.3, -0.25) is 19.8 Å². The molecule has 1 aliphatic heterocycles. The SMILES string of the molecule is COc1cc(OC)cc(C(=O)Nc2nc3c(s2)CCC3C(=O)N2CCN(C(c3ccccc3)c3ccccc3)CC2)c1. The largest absolute Gasteiger partial charge is 0.497 e. The maximum atomic E-state index is 13.7. The lowest BCUT2D eigenvalue weighted by Gasteiger charge is -2.40. The Balaban J connectivity index is 1.12. The van der Waals surface area contributed by atoms with E-state index in [1.54, 1.807) is 32.4 Å². The molecule has 0 bridgehead atoms. The van der Waals surface area contributed by atoms with Gasteiger partial charge in [-0.15, -0.1) is 11.3 Å². The number of rotatable bonds is 8. The number of nitrogens with one attached hydrogen (secondary N) is 1. The fraction of sp³-hybridized carbons (Fsp3) is 0.303. The van der Waals surface area contributed by atoms with E-state index in [4.69, 9.17) is 14.5 Å². The van der Waals surface area contributed by atoms with E-state index in [0.717, 1.165) is 36.5 Å². The molecule has 1 fully saturated rings. The van der Waals surface area contributed by atoms with Crippen molar-refractivity contribution in [3.05, 3.63) is 106 Å². The summed E-state index contributed by atoms with van der Waals surface area (Å²) in [6, 6.07) is 26.3. The van der Waals surface area contributed by atoms with Crippen LogP contribution >= 0.6 is 11.3 Å². The van der Waals surface area contributed by atoms with Crippen molar-refractivity contribution < 1.29 is 19.1 Å². The van der Waals surface area contributed by atoms with Crippen LogP contribution in [0.4, 0.5) is 5.13 Å². The number of benzene rings is 3. The highest BCUT2D eigenvalue weighted by atomic mass is 32.1. The van der Waals surface area contributed by atoms with Crippen LogP contribution in [0.5, 0.6) is 11.5 Å². The van der Waals surface area contributed by atoms with Gasteiger partial charge < -0.3 is 14.4 Å². The van der Waals surface area contributed by atoms with E-state index in [0.29, 0.717) is 35.3 Å². The smallest absolute Gasteiger partial charge is 0.257 e. The van der Waals surface area contributed by atoms with Gasteiger partial charge in [0.2, 0.25) is 5.91 Å². The second kappa shape index (κ2) is 12.3. The van der Waals surface area contributed by atoms with Crippen LogP contribution in [0.3, 0.4) is 0 Å². The first-order valence-corrected chi connectivity index (χ1v) is 15.0. The number of aryl methyl sites for hydroxylation is 1. The lowest BCUT2D eigenvalue weighted by atomic mass is 9.96. The third-order valence-electron chi connectivity index (χ3n) is 8.07. The van der Waals surface area contributed by atoms with Gasteiger partial charge in [0.15, 0.2) is 5.13 Å². The second-order valence-electron chi connectivity index (χ2n) is 10.6. The highest BCUT2D eigenvalue weighted by Crippen LogP contribution is 2.40. The maximum Gasteiger partial charge on any atom is 0.257 e. The molecular weight excluding hydrogens is 548 g/mol. The van der Waals surface area contributed by atoms with Gasteiger partial charge >= 0.3 is 0 Å². The van der Waals surface area contributed by atoms with Crippen LogP contribution in [-0.4, -0.2) is 67.0 Å². The highest BCUT2D eigenvalue weighted by molar-refractivity contribution is 7.16. The zero-order chi connectivity index (χ0) is 29.1. The van der Waals surface area contributed by atoms with Crippen LogP contribution in [0.2, 0.25) is 0 Å². The number of carbonyl (C=O) groups excluding carboxylic acids is 2. The van der Waals surface area contributed by atoms with E-state index in [-0.39, 0.29) is 23.8 Å². The van der Waals surface area contributed by atoms with Crippen molar-refractivity contribution >= 4 is 28.3 Å². The quantitative estimate of drug-likeness (QED) is 0.301. The number of amides is 2. The number of anilines is 1. The first-order valence-electron chi connectivity index (χ1n) is 14.2. The molecular formula is C33H34N4O4S. The molecule has 1 unspecified atom stereocenters. The summed E-state index contributed by atoms with van der Waals surface area (Å²) in [5.41, 5.74) is 3.73. The topological polar surface area (TPSA) is 84.0 Å². The summed E-state index contributed by atoms with van der Waals surface area (Å²) in [4.78, 5) is 37.0. The predicted molar refractivity (Wildman–Crippen MR) is 164 cm³/mol. The number of piperazine rings is 1. The Morgan fingerprint density at radius 2 is 1.48 bits per heavy atom. The predicted octanol–water partition coefficient (Wildman–Crippen LogP) is 5.38. The number of hydrogen-bond donors (Lipinski definition) is 1. The van der Waals surface area contributed by atoms with Gasteiger partial charge in [0, 0.05) is 42.7 Å². The van der Waals surface area contributed by atoms with Crippen LogP contribution in [0.1, 0.15) is 50.4 Å². The number of hydrogen-bond acceptors (Lipinski definition) is 7. The van der Waals surface area contributed by atoms with Gasteiger partial charge in [-0.2, -0.15) is 0 Å². The number of nitrogens with zero attached hydrogens (tertiary/aromatic N) is 3. The molecule has 0 radical (unpaired) electrons. The van der Waals surface area contributed by atoms with E-state index in [9.17, 15) is 9.59 Å². The van der Waals surface area contributed by atoms with Gasteiger partial charge in [-0.05, 0) is 36.1 Å². The molecule has 2 heterocycles. The monoisotopic (exact) mass is 582 g/mol. The average Bonchev–Trinajstić information content (AvgIpc) is 3.62. The van der Waals surface area contributed by atoms with Crippen molar-refractivity contribution in [1.29, 1.82) is 0 Å². The summed E-state index contributed by atoms with van der Waals surface area (Å²) in [7, 11) is 3.09. The minimum Gasteiger partial charge on any atom is -0.497 e. The highest BCUT2D eigenvalue weighted by Gasteiger charge is 2.37. The molecule has 2 aliphatic rings. The molecule has 1 N–H and O–H groups in total. The molecule has 1 saturated heterocycles. The third-order valence-corrected chi connectivity index (χ3v) is 9.12. The van der Waals surface area contributed by atoms with Crippen molar-refractivity contribution in [2.24, 2.45) is 0 Å². The molecule has 0 saturated carbocycles. The zero-order valence-corrected chi connectivity index (χ0v) is 24.6. The molecule has 9 heteroatoms. The van der Waals surface area contributed by atoms with Gasteiger partial charge in [0.1, 0.15) is 11.5 Å². The number of fused-ring (bicyclic) bond motifs is 1. The average molecular weight is 583 g/mol. The molecule has 8 nitrogen and oxygen atoms in total. The first kappa shape index (κ1) is 27.9. The standard InChI is InChI=1S/C33H34N4O4S/c1-40-25-19-24(20-26(21-25)41-2)31(38)35-33-34-29-27(13-14-28(29)42-33)32(39)37-17-15-36(16-18-37)30(22-9-5-3-6-10-22)23-11-7-4-8-12-23/h3-12,19-21,27,30H,13-18H2,1-2H3,(H,34,35,38). The van der Waals surface area contributed by atoms with E-state index < -0.39 is 0 Å². The Hall–Kier alpha value is -4.21. The molecule has 42 heavy (non-hydrogen) atoms. The molecule has 4 aromatic rings. The molecule has 2 amide bonds. The van der Waals surface area contributed by atoms with E-state index in [1.807, 2.05) is 17.0 Å². The molecule has 1 aliphatic carbocycles. The number of methoxy groups -OCH3 is 2. The second-order valence-corrected chi connectivity index (χ2v) is 11.6. The molecule has 216 valence electrons. The molecule has 0 spiro atoms. The number of aromatic nitrogens is 1. The summed E-state index contributed by atoms with van der Waals surface area (Å²) >= 11 is 1.45. The Morgan fingerprint density at radius 3 is 2.05 bits per heavy atom. The van der Waals surface area contributed by atoms with Crippen LogP contribution in [0.25, 0.3) is 0 Å². The van der Waals surface area contributed by atoms with Crippen LogP contribution in [0, 0.1) is 0 Å². The van der Waals surface area contributed by atoms with Crippen molar-refractivity contribution in [3.63, 3.8) is 0 Å². The molecule has 1 atom stereocenters. The number of thiazole rings is 1. The van der Waals surface area contributed by atoms with Gasteiger partial charge in [-0.1, -0.05) is 60.7 Å². The van der Waals surface area contributed by atoms with Crippen LogP contribution in [-0.2, 0) is 11.2 Å². The van der Waals surface area contributed by atoms with Gasteiger partial charge in [0.05, 0.1) is 31.9 Å². The van der Waals surface area contributed by atoms with Crippen molar-refractivity contribution in [3.8, 4) is 11.5 Å². The number of ether oxygens (including phenoxy) is 2. The summed E-state index contributed by atoms with van der Waals surface area (Å²) in [5, 5.41) is 3.41. The van der Waals surface area contributed by atoms with Crippen molar-refractivity contribution in [2.75, 3.05) is 45.7 Å². The Morgan fingerprint density at radius 1 is 0.881 bits per heavy atom. The van der Waals surface area contributed by atoms with E-state index >= 15 is 0 Å². The van der Waals surface area contributed by atoms with Crippen LogP contribution < -0.4 is 14.8 Å². The van der Waals surface area contributed by atoms with E-state index in [2.05, 4.69) is 58.7 Å². The molecule has 1 aromatic heterocycles. The summed E-state index contributed by atoms with van der Waals surface area (Å²) in [6.07, 6.45) is 1.54. The summed E-state index contributed by atoms with van der Waals surface area (Å²) in [5.74, 6) is 0.621. The number of carbonyl (C=O) groups is 2. The van der Waals surface area contributed by atoms with Crippen LogP contribution in [0.15, 0.2) is 78.9 Å². The normalized spacial score (nSPS) is 16.7. The Labute approximate surface area is 249 Å². The minimum atomic E-state index is -0.301. The van der Waals surface area contributed by atoms with Crippen molar-refractivity contribution in [1.82, 2.24) is 14.8 Å². The third kappa shape index (κ3) is 5.75. The van der Waals surface area contributed by atoms with Gasteiger partial charge in [-0.25, -0.2) is 4.98 Å². The first-order chi connectivity index (χ1) is 20.5. The molecule has 3 aromatic carbocycles. The lowest BCUT2D eigenvalue weighted by molar-refractivity contribution is -0.134. The summed E-state index contributed by atoms with van der Waals surface area (Å²) < 4.78 is 10.6. The fourth-order valence-corrected chi connectivity index (χ4v) is 6.97. The van der Waals surface area contributed by atoms with E-state index in [1.165, 1.54) is 22.5 Å². The lowest BCUT2D eigenvalue weighted by Crippen LogP contribution is -2.50. The Bertz CT molecular complexity index is 1490. The molecule has 6 rings (SSSR count). The van der Waals surface area contributed by atoms with Crippen molar-refractivity contribution in [2.45, 2.75) is 24.8 Å². The zero-order valence-electron chi connectivity index (χ0n) is 23.8.